The van der Waals surface area contributed by atoms with E-state index in [1.54, 1.807) is 18.9 Å². The fraction of sp³-hybridized carbons (Fsp3) is 0.167. The number of hydrogen-bond acceptors (Lipinski definition) is 4. The first kappa shape index (κ1) is 19.3. The second-order valence-corrected chi connectivity index (χ2v) is 7.87. The minimum absolute atomic E-state index is 0.801. The van der Waals surface area contributed by atoms with Crippen molar-refractivity contribution in [3.63, 3.8) is 0 Å². The summed E-state index contributed by atoms with van der Waals surface area (Å²) in [5.41, 5.74) is 5.83. The van der Waals surface area contributed by atoms with E-state index in [0.29, 0.717) is 0 Å². The molecular weight excluding hydrogens is 378 g/mol. The van der Waals surface area contributed by atoms with Crippen molar-refractivity contribution in [1.29, 1.82) is 0 Å². The van der Waals surface area contributed by atoms with Crippen LogP contribution >= 0.6 is 11.8 Å². The minimum atomic E-state index is 0.801. The van der Waals surface area contributed by atoms with E-state index in [4.69, 9.17) is 4.74 Å². The molecule has 0 aliphatic rings. The second-order valence-electron chi connectivity index (χ2n) is 6.92. The Labute approximate surface area is 175 Å². The molecule has 1 heterocycles. The Morgan fingerprint density at radius 3 is 2.45 bits per heavy atom. The first-order valence-electron chi connectivity index (χ1n) is 9.50. The maximum absolute atomic E-state index is 5.40. The van der Waals surface area contributed by atoms with E-state index < -0.39 is 0 Å². The van der Waals surface area contributed by atoms with Gasteiger partial charge in [0.1, 0.15) is 5.75 Å². The lowest BCUT2D eigenvalue weighted by Crippen LogP contribution is -2.00. The molecule has 0 bridgehead atoms. The van der Waals surface area contributed by atoms with E-state index in [1.807, 2.05) is 24.3 Å². The molecule has 146 valence electrons. The number of aromatic nitrogens is 3. The first-order valence-corrected chi connectivity index (χ1v) is 10.5. The molecule has 3 aromatic carbocycles. The molecule has 0 radical (unpaired) electrons. The van der Waals surface area contributed by atoms with Crippen molar-refractivity contribution in [2.24, 2.45) is 0 Å². The topological polar surface area (TPSA) is 39.9 Å². The van der Waals surface area contributed by atoms with Crippen molar-refractivity contribution in [3.8, 4) is 22.8 Å². The molecule has 0 N–H and O–H groups in total. The highest BCUT2D eigenvalue weighted by Gasteiger charge is 2.17. The summed E-state index contributed by atoms with van der Waals surface area (Å²) in [4.78, 5) is 0. The molecule has 0 atom stereocenters. The molecule has 0 fully saturated rings. The van der Waals surface area contributed by atoms with Gasteiger partial charge in [-0.1, -0.05) is 65.9 Å². The van der Waals surface area contributed by atoms with Crippen molar-refractivity contribution in [2.75, 3.05) is 7.11 Å². The molecule has 0 saturated carbocycles. The summed E-state index contributed by atoms with van der Waals surface area (Å²) in [5, 5.41) is 9.93. The van der Waals surface area contributed by atoms with E-state index in [1.165, 1.54) is 16.7 Å². The van der Waals surface area contributed by atoms with E-state index in [0.717, 1.165) is 33.7 Å². The number of hydrogen-bond donors (Lipinski definition) is 0. The lowest BCUT2D eigenvalue weighted by atomic mass is 10.1. The van der Waals surface area contributed by atoms with Crippen LogP contribution in [0.4, 0.5) is 0 Å². The Morgan fingerprint density at radius 1 is 0.897 bits per heavy atom. The van der Waals surface area contributed by atoms with Crippen LogP contribution in [0.2, 0.25) is 0 Å². The summed E-state index contributed by atoms with van der Waals surface area (Å²) < 4.78 is 7.52. The monoisotopic (exact) mass is 401 g/mol. The van der Waals surface area contributed by atoms with E-state index in [9.17, 15) is 0 Å². The lowest BCUT2D eigenvalue weighted by Gasteiger charge is -2.12. The van der Waals surface area contributed by atoms with Crippen molar-refractivity contribution in [3.05, 3.63) is 89.5 Å². The van der Waals surface area contributed by atoms with Crippen LogP contribution in [0.5, 0.6) is 5.75 Å². The Balaban J connectivity index is 1.76. The van der Waals surface area contributed by atoms with Gasteiger partial charge < -0.3 is 4.74 Å². The van der Waals surface area contributed by atoms with Gasteiger partial charge in [-0.15, -0.1) is 10.2 Å². The maximum atomic E-state index is 5.40. The summed E-state index contributed by atoms with van der Waals surface area (Å²) in [5.74, 6) is 2.45. The Hall–Kier alpha value is -3.05. The zero-order chi connectivity index (χ0) is 20.2. The van der Waals surface area contributed by atoms with Crippen molar-refractivity contribution in [2.45, 2.75) is 24.8 Å². The van der Waals surface area contributed by atoms with Crippen LogP contribution in [0.1, 0.15) is 16.7 Å². The zero-order valence-corrected chi connectivity index (χ0v) is 17.6. The number of nitrogens with zero attached hydrogens (tertiary/aromatic N) is 3. The Kier molecular flexibility index (Phi) is 5.67. The number of rotatable bonds is 6. The fourth-order valence-electron chi connectivity index (χ4n) is 3.15. The highest BCUT2D eigenvalue weighted by atomic mass is 32.2. The Bertz CT molecular complexity index is 1120. The van der Waals surface area contributed by atoms with Gasteiger partial charge in [0.05, 0.1) is 7.11 Å². The molecule has 29 heavy (non-hydrogen) atoms. The number of thioether (sulfide) groups is 1. The normalized spacial score (nSPS) is 10.9. The molecule has 4 rings (SSSR count). The average Bonchev–Trinajstić information content (AvgIpc) is 3.18. The van der Waals surface area contributed by atoms with Gasteiger partial charge in [0.2, 0.25) is 0 Å². The van der Waals surface area contributed by atoms with Crippen molar-refractivity contribution in [1.82, 2.24) is 14.8 Å². The predicted molar refractivity (Wildman–Crippen MR) is 119 cm³/mol. The highest BCUT2D eigenvalue weighted by molar-refractivity contribution is 7.98. The van der Waals surface area contributed by atoms with E-state index >= 15 is 0 Å². The molecule has 0 unspecified atom stereocenters. The predicted octanol–water partition coefficient (Wildman–Crippen LogP) is 5.85. The van der Waals surface area contributed by atoms with Gasteiger partial charge in [0, 0.05) is 17.0 Å². The summed E-state index contributed by atoms with van der Waals surface area (Å²) >= 11 is 1.70. The zero-order valence-electron chi connectivity index (χ0n) is 16.8. The highest BCUT2D eigenvalue weighted by Crippen LogP contribution is 2.31. The number of ether oxygens (including phenoxy) is 1. The summed E-state index contributed by atoms with van der Waals surface area (Å²) in [6.07, 6.45) is 0. The van der Waals surface area contributed by atoms with Gasteiger partial charge in [-0.05, 0) is 49.2 Å². The maximum Gasteiger partial charge on any atom is 0.196 e. The van der Waals surface area contributed by atoms with Crippen molar-refractivity contribution < 1.29 is 4.74 Å². The molecule has 4 aromatic rings. The number of aryl methyl sites for hydroxylation is 2. The minimum Gasteiger partial charge on any atom is -0.497 e. The van der Waals surface area contributed by atoms with Crippen LogP contribution in [-0.4, -0.2) is 21.9 Å². The molecule has 4 nitrogen and oxygen atoms in total. The second kappa shape index (κ2) is 8.53. The van der Waals surface area contributed by atoms with E-state index in [2.05, 4.69) is 77.1 Å². The quantitative estimate of drug-likeness (QED) is 0.380. The van der Waals surface area contributed by atoms with Gasteiger partial charge in [0.25, 0.3) is 0 Å². The first-order chi connectivity index (χ1) is 14.2. The molecule has 5 heteroatoms. The standard InChI is InChI=1S/C24H23N3OS/c1-17-11-13-21(14-12-17)27-23(19-9-6-10-22(15-19)28-3)25-26-24(27)29-16-20-8-5-4-7-18(20)2/h4-15H,16H2,1-3H3. The SMILES string of the molecule is COc1cccc(-c2nnc(SCc3ccccc3C)n2-c2ccc(C)cc2)c1. The summed E-state index contributed by atoms with van der Waals surface area (Å²) in [6.45, 7) is 4.23. The largest absolute Gasteiger partial charge is 0.497 e. The molecular formula is C24H23N3OS. The molecule has 0 aliphatic heterocycles. The van der Waals surface area contributed by atoms with E-state index in [-0.39, 0.29) is 0 Å². The third-order valence-electron chi connectivity index (χ3n) is 4.87. The third kappa shape index (κ3) is 4.20. The van der Waals surface area contributed by atoms with Gasteiger partial charge in [-0.25, -0.2) is 0 Å². The van der Waals surface area contributed by atoms with Crippen molar-refractivity contribution >= 4 is 11.8 Å². The summed E-state index contributed by atoms with van der Waals surface area (Å²) in [6, 6.07) is 24.8. The van der Waals surface area contributed by atoms with Gasteiger partial charge in [-0.3, -0.25) is 4.57 Å². The molecule has 0 spiro atoms. The number of benzene rings is 3. The lowest BCUT2D eigenvalue weighted by molar-refractivity contribution is 0.415. The van der Waals surface area contributed by atoms with Gasteiger partial charge in [-0.2, -0.15) is 0 Å². The Morgan fingerprint density at radius 2 is 1.69 bits per heavy atom. The van der Waals surface area contributed by atoms with Crippen LogP contribution < -0.4 is 4.74 Å². The average molecular weight is 402 g/mol. The van der Waals surface area contributed by atoms with Gasteiger partial charge >= 0.3 is 0 Å². The van der Waals surface area contributed by atoms with Crippen LogP contribution in [0, 0.1) is 13.8 Å². The summed E-state index contributed by atoms with van der Waals surface area (Å²) in [7, 11) is 1.67. The third-order valence-corrected chi connectivity index (χ3v) is 5.85. The number of methoxy groups -OCH3 is 1. The molecule has 0 aliphatic carbocycles. The van der Waals surface area contributed by atoms with Gasteiger partial charge in [0.15, 0.2) is 11.0 Å². The fourth-order valence-corrected chi connectivity index (χ4v) is 4.18. The molecule has 1 aromatic heterocycles. The van der Waals surface area contributed by atoms with Crippen LogP contribution in [-0.2, 0) is 5.75 Å². The van der Waals surface area contributed by atoms with Crippen LogP contribution in [0.25, 0.3) is 17.1 Å². The van der Waals surface area contributed by atoms with Crippen LogP contribution in [0.15, 0.2) is 78.0 Å². The van der Waals surface area contributed by atoms with Crippen LogP contribution in [0.3, 0.4) is 0 Å². The molecule has 0 saturated heterocycles. The smallest absolute Gasteiger partial charge is 0.196 e. The molecule has 0 amide bonds.